The number of aliphatic carboxylic acids is 1. The van der Waals surface area contributed by atoms with E-state index in [-0.39, 0.29) is 17.5 Å². The summed E-state index contributed by atoms with van der Waals surface area (Å²) in [5.74, 6) is -1.08. The molecular formula is C10H9NO4. The largest absolute Gasteiger partial charge is 0.481 e. The van der Waals surface area contributed by atoms with E-state index in [1.165, 1.54) is 12.1 Å². The standard InChI is InChI=1S/C10H9NO4/c12-10(13)9-5-8(9)6-1-3-7(4-2-6)11(14)15/h1-4,8-9H,5H2,(H,12,13). The van der Waals surface area contributed by atoms with Gasteiger partial charge in [0.15, 0.2) is 0 Å². The summed E-state index contributed by atoms with van der Waals surface area (Å²) in [5, 5.41) is 19.1. The predicted octanol–water partition coefficient (Wildman–Crippen LogP) is 1.78. The smallest absolute Gasteiger partial charge is 0.307 e. The molecule has 2 atom stereocenters. The maximum atomic E-state index is 10.6. The van der Waals surface area contributed by atoms with Crippen molar-refractivity contribution in [2.75, 3.05) is 0 Å². The summed E-state index contributed by atoms with van der Waals surface area (Å²) in [6, 6.07) is 6.08. The first-order valence-electron chi connectivity index (χ1n) is 4.57. The van der Waals surface area contributed by atoms with Crippen LogP contribution < -0.4 is 0 Å². The first-order chi connectivity index (χ1) is 7.09. The van der Waals surface area contributed by atoms with Gasteiger partial charge in [0.1, 0.15) is 0 Å². The molecule has 1 aliphatic rings. The van der Waals surface area contributed by atoms with Gasteiger partial charge in [0.2, 0.25) is 0 Å². The van der Waals surface area contributed by atoms with Crippen molar-refractivity contribution in [1.82, 2.24) is 0 Å². The highest BCUT2D eigenvalue weighted by Crippen LogP contribution is 2.47. The van der Waals surface area contributed by atoms with E-state index in [1.807, 2.05) is 0 Å². The zero-order valence-corrected chi connectivity index (χ0v) is 7.79. The maximum absolute atomic E-state index is 10.6. The molecule has 0 aliphatic heterocycles. The topological polar surface area (TPSA) is 80.4 Å². The van der Waals surface area contributed by atoms with Crippen LogP contribution in [0, 0.1) is 16.0 Å². The lowest BCUT2D eigenvalue weighted by Crippen LogP contribution is -1.98. The highest BCUT2D eigenvalue weighted by Gasteiger charge is 2.44. The Morgan fingerprint density at radius 2 is 2.00 bits per heavy atom. The summed E-state index contributed by atoms with van der Waals surface area (Å²) in [7, 11) is 0. The van der Waals surface area contributed by atoms with Gasteiger partial charge in [-0.05, 0) is 17.9 Å². The second-order valence-electron chi connectivity index (χ2n) is 3.64. The molecule has 1 aromatic rings. The molecule has 0 aromatic heterocycles. The molecule has 15 heavy (non-hydrogen) atoms. The van der Waals surface area contributed by atoms with Gasteiger partial charge in [-0.25, -0.2) is 0 Å². The first kappa shape index (κ1) is 9.64. The van der Waals surface area contributed by atoms with Crippen LogP contribution in [0.4, 0.5) is 5.69 Å². The van der Waals surface area contributed by atoms with Gasteiger partial charge >= 0.3 is 5.97 Å². The second-order valence-corrected chi connectivity index (χ2v) is 3.64. The fourth-order valence-electron chi connectivity index (χ4n) is 1.68. The first-order valence-corrected chi connectivity index (χ1v) is 4.57. The number of non-ortho nitro benzene ring substituents is 1. The molecule has 1 aliphatic carbocycles. The zero-order valence-electron chi connectivity index (χ0n) is 7.79. The summed E-state index contributed by atoms with van der Waals surface area (Å²) in [5.41, 5.74) is 0.902. The Bertz CT molecular complexity index is 412. The Kier molecular flexibility index (Phi) is 2.15. The minimum Gasteiger partial charge on any atom is -0.481 e. The number of nitro benzene ring substituents is 1. The van der Waals surface area contributed by atoms with Crippen molar-refractivity contribution >= 4 is 11.7 Å². The molecule has 1 N–H and O–H groups in total. The highest BCUT2D eigenvalue weighted by molar-refractivity contribution is 5.75. The van der Waals surface area contributed by atoms with Crippen LogP contribution in [-0.2, 0) is 4.79 Å². The lowest BCUT2D eigenvalue weighted by Gasteiger charge is -1.97. The molecule has 1 saturated carbocycles. The summed E-state index contributed by atoms with van der Waals surface area (Å²) >= 11 is 0. The summed E-state index contributed by atoms with van der Waals surface area (Å²) in [6.07, 6.45) is 0.632. The number of carbonyl (C=O) groups is 1. The monoisotopic (exact) mass is 207 g/mol. The lowest BCUT2D eigenvalue weighted by molar-refractivity contribution is -0.384. The van der Waals surface area contributed by atoms with Crippen LogP contribution in [0.25, 0.3) is 0 Å². The van der Waals surface area contributed by atoms with Crippen LogP contribution in [-0.4, -0.2) is 16.0 Å². The fourth-order valence-corrected chi connectivity index (χ4v) is 1.68. The molecule has 0 spiro atoms. The van der Waals surface area contributed by atoms with Crippen LogP contribution >= 0.6 is 0 Å². The molecule has 0 radical (unpaired) electrons. The van der Waals surface area contributed by atoms with Gasteiger partial charge < -0.3 is 5.11 Å². The highest BCUT2D eigenvalue weighted by atomic mass is 16.6. The Balaban J connectivity index is 2.12. The number of rotatable bonds is 3. The van der Waals surface area contributed by atoms with Crippen molar-refractivity contribution in [3.05, 3.63) is 39.9 Å². The normalized spacial score (nSPS) is 23.5. The molecule has 0 saturated heterocycles. The Labute approximate surface area is 85.5 Å². The molecule has 2 unspecified atom stereocenters. The van der Waals surface area contributed by atoms with Gasteiger partial charge in [0, 0.05) is 12.1 Å². The zero-order chi connectivity index (χ0) is 11.0. The Hall–Kier alpha value is -1.91. The van der Waals surface area contributed by atoms with Crippen molar-refractivity contribution in [2.24, 2.45) is 5.92 Å². The van der Waals surface area contributed by atoms with Gasteiger partial charge in [0.05, 0.1) is 10.8 Å². The molecular weight excluding hydrogens is 198 g/mol. The van der Waals surface area contributed by atoms with Crippen LogP contribution in [0.15, 0.2) is 24.3 Å². The van der Waals surface area contributed by atoms with Crippen molar-refractivity contribution in [2.45, 2.75) is 12.3 Å². The van der Waals surface area contributed by atoms with Crippen molar-refractivity contribution in [1.29, 1.82) is 0 Å². The Morgan fingerprint density at radius 3 is 2.40 bits per heavy atom. The predicted molar refractivity (Wildman–Crippen MR) is 51.6 cm³/mol. The number of carboxylic acids is 1. The van der Waals surface area contributed by atoms with E-state index in [4.69, 9.17) is 5.11 Å². The minimum atomic E-state index is -0.793. The third kappa shape index (κ3) is 1.81. The van der Waals surface area contributed by atoms with Gasteiger partial charge in [0.25, 0.3) is 5.69 Å². The quantitative estimate of drug-likeness (QED) is 0.605. The molecule has 5 nitrogen and oxygen atoms in total. The summed E-state index contributed by atoms with van der Waals surface area (Å²) in [4.78, 5) is 20.5. The summed E-state index contributed by atoms with van der Waals surface area (Å²) in [6.45, 7) is 0. The minimum absolute atomic E-state index is 0.0308. The van der Waals surface area contributed by atoms with Crippen LogP contribution in [0.5, 0.6) is 0 Å². The van der Waals surface area contributed by atoms with E-state index in [0.29, 0.717) is 6.42 Å². The van der Waals surface area contributed by atoms with Crippen molar-refractivity contribution < 1.29 is 14.8 Å². The number of nitrogens with zero attached hydrogens (tertiary/aromatic N) is 1. The van der Waals surface area contributed by atoms with E-state index < -0.39 is 10.9 Å². The molecule has 0 amide bonds. The number of benzene rings is 1. The third-order valence-corrected chi connectivity index (χ3v) is 2.64. The summed E-state index contributed by atoms with van der Waals surface area (Å²) < 4.78 is 0. The molecule has 1 aromatic carbocycles. The van der Waals surface area contributed by atoms with Crippen LogP contribution in [0.1, 0.15) is 17.9 Å². The molecule has 1 fully saturated rings. The Morgan fingerprint density at radius 1 is 1.40 bits per heavy atom. The molecule has 5 heteroatoms. The lowest BCUT2D eigenvalue weighted by atomic mass is 10.1. The van der Waals surface area contributed by atoms with Gasteiger partial charge in [-0.2, -0.15) is 0 Å². The van der Waals surface area contributed by atoms with E-state index >= 15 is 0 Å². The maximum Gasteiger partial charge on any atom is 0.307 e. The van der Waals surface area contributed by atoms with Crippen molar-refractivity contribution in [3.8, 4) is 0 Å². The van der Waals surface area contributed by atoms with Gasteiger partial charge in [-0.15, -0.1) is 0 Å². The van der Waals surface area contributed by atoms with E-state index in [1.54, 1.807) is 12.1 Å². The third-order valence-electron chi connectivity index (χ3n) is 2.64. The van der Waals surface area contributed by atoms with E-state index in [0.717, 1.165) is 5.56 Å². The SMILES string of the molecule is O=C(O)C1CC1c1ccc([N+](=O)[O-])cc1. The number of hydrogen-bond donors (Lipinski definition) is 1. The van der Waals surface area contributed by atoms with E-state index in [2.05, 4.69) is 0 Å². The second kappa shape index (κ2) is 3.34. The number of nitro groups is 1. The van der Waals surface area contributed by atoms with E-state index in [9.17, 15) is 14.9 Å². The van der Waals surface area contributed by atoms with Gasteiger partial charge in [-0.1, -0.05) is 12.1 Å². The molecule has 2 rings (SSSR count). The van der Waals surface area contributed by atoms with Crippen LogP contribution in [0.2, 0.25) is 0 Å². The van der Waals surface area contributed by atoms with Gasteiger partial charge in [-0.3, -0.25) is 14.9 Å². The fraction of sp³-hybridized carbons (Fsp3) is 0.300. The van der Waals surface area contributed by atoms with Crippen molar-refractivity contribution in [3.63, 3.8) is 0 Å². The average molecular weight is 207 g/mol. The number of carboxylic acid groups (broad SMARTS) is 1. The average Bonchev–Trinajstić information content (AvgIpc) is 2.97. The van der Waals surface area contributed by atoms with Crippen LogP contribution in [0.3, 0.4) is 0 Å². The molecule has 0 heterocycles. The molecule has 78 valence electrons. The number of hydrogen-bond acceptors (Lipinski definition) is 3. The molecule has 0 bridgehead atoms.